The number of carbonyl (C=O) groups is 2. The zero-order valence-corrected chi connectivity index (χ0v) is 20.1. The predicted octanol–water partition coefficient (Wildman–Crippen LogP) is 3.58. The molecule has 2 aromatic rings. The fourth-order valence-electron chi connectivity index (χ4n) is 4.89. The standard InChI is InChI=1S/C27H37N3O4/c1-20(27(34,22-9-5-3-6-10-22)23-11-7-4-8-12-23)28-26(33)29-24-15-13-21(14-16-24)17-18-30(2)19-25(31)32/h3-12,20-21,24,34H,13-19H2,1-2H3,(H,31,32)(H2,28,29,33)/t20-,21?,24?/m1/s1. The van der Waals surface area contributed by atoms with Gasteiger partial charge in [0, 0.05) is 6.04 Å². The Morgan fingerprint density at radius 3 is 2.03 bits per heavy atom. The zero-order valence-electron chi connectivity index (χ0n) is 20.1. The minimum atomic E-state index is -1.36. The number of carboxylic acid groups (broad SMARTS) is 1. The molecule has 2 aromatic carbocycles. The first-order valence-electron chi connectivity index (χ1n) is 12.1. The number of aliphatic carboxylic acids is 1. The van der Waals surface area contributed by atoms with E-state index in [2.05, 4.69) is 10.6 Å². The number of nitrogens with zero attached hydrogens (tertiary/aromatic N) is 1. The SMILES string of the molecule is C[C@@H](NC(=O)NC1CCC(CCN(C)CC(=O)O)CC1)C(O)(c1ccccc1)c1ccccc1. The number of carbonyl (C=O) groups excluding carboxylic acids is 1. The normalized spacial score (nSPS) is 19.4. The lowest BCUT2D eigenvalue weighted by Crippen LogP contribution is -2.54. The maximum Gasteiger partial charge on any atom is 0.317 e. The minimum Gasteiger partial charge on any atom is -0.480 e. The molecule has 0 saturated heterocycles. The summed E-state index contributed by atoms with van der Waals surface area (Å²) in [5.74, 6) is -0.250. The molecular weight excluding hydrogens is 430 g/mol. The molecule has 1 saturated carbocycles. The highest BCUT2D eigenvalue weighted by molar-refractivity contribution is 5.75. The highest BCUT2D eigenvalue weighted by atomic mass is 16.4. The Morgan fingerprint density at radius 1 is 1.00 bits per heavy atom. The maximum atomic E-state index is 12.8. The van der Waals surface area contributed by atoms with Gasteiger partial charge in [0.2, 0.25) is 0 Å². The second-order valence-electron chi connectivity index (χ2n) is 9.48. The van der Waals surface area contributed by atoms with Gasteiger partial charge in [-0.1, -0.05) is 60.7 Å². The first-order valence-corrected chi connectivity index (χ1v) is 12.1. The van der Waals surface area contributed by atoms with Crippen LogP contribution in [0, 0.1) is 5.92 Å². The largest absolute Gasteiger partial charge is 0.480 e. The molecule has 0 heterocycles. The van der Waals surface area contributed by atoms with Crippen LogP contribution in [0.4, 0.5) is 4.79 Å². The van der Waals surface area contributed by atoms with Crippen LogP contribution in [0.25, 0.3) is 0 Å². The average molecular weight is 468 g/mol. The number of likely N-dealkylation sites (N-methyl/N-ethyl adjacent to an activating group) is 1. The van der Waals surface area contributed by atoms with Crippen LogP contribution in [-0.4, -0.2) is 59.3 Å². The summed E-state index contributed by atoms with van der Waals surface area (Å²) in [5, 5.41) is 26.7. The van der Waals surface area contributed by atoms with Gasteiger partial charge in [0.05, 0.1) is 12.6 Å². The van der Waals surface area contributed by atoms with Crippen LogP contribution in [-0.2, 0) is 10.4 Å². The van der Waals surface area contributed by atoms with Gasteiger partial charge in [0.15, 0.2) is 0 Å². The molecule has 0 aliphatic heterocycles. The van der Waals surface area contributed by atoms with Crippen molar-refractivity contribution in [2.24, 2.45) is 5.92 Å². The van der Waals surface area contributed by atoms with E-state index in [1.807, 2.05) is 79.5 Å². The molecule has 1 atom stereocenters. The van der Waals surface area contributed by atoms with E-state index >= 15 is 0 Å². The van der Waals surface area contributed by atoms with Gasteiger partial charge in [-0.3, -0.25) is 9.69 Å². The van der Waals surface area contributed by atoms with Crippen LogP contribution in [0.1, 0.15) is 50.2 Å². The van der Waals surface area contributed by atoms with E-state index in [-0.39, 0.29) is 18.6 Å². The molecule has 0 aromatic heterocycles. The monoisotopic (exact) mass is 467 g/mol. The van der Waals surface area contributed by atoms with Crippen LogP contribution in [0.2, 0.25) is 0 Å². The first kappa shape index (κ1) is 25.7. The number of hydrogen-bond donors (Lipinski definition) is 4. The van der Waals surface area contributed by atoms with Gasteiger partial charge in [0.1, 0.15) is 5.60 Å². The third-order valence-electron chi connectivity index (χ3n) is 6.91. The molecule has 0 radical (unpaired) electrons. The Balaban J connectivity index is 1.53. The Bertz CT molecular complexity index is 874. The molecule has 1 aliphatic carbocycles. The van der Waals surface area contributed by atoms with Gasteiger partial charge in [-0.25, -0.2) is 4.79 Å². The summed E-state index contributed by atoms with van der Waals surface area (Å²) in [5.41, 5.74) is 0.0872. The third kappa shape index (κ3) is 6.81. The molecular formula is C27H37N3O4. The third-order valence-corrected chi connectivity index (χ3v) is 6.91. The fraction of sp³-hybridized carbons (Fsp3) is 0.481. The zero-order chi connectivity index (χ0) is 24.6. The van der Waals surface area contributed by atoms with Crippen LogP contribution < -0.4 is 10.6 Å². The number of nitrogens with one attached hydrogen (secondary N) is 2. The number of carboxylic acids is 1. The molecule has 0 spiro atoms. The van der Waals surface area contributed by atoms with Crippen molar-refractivity contribution >= 4 is 12.0 Å². The second-order valence-corrected chi connectivity index (χ2v) is 9.48. The van der Waals surface area contributed by atoms with Gasteiger partial charge in [-0.2, -0.15) is 0 Å². The Labute approximate surface area is 202 Å². The lowest BCUT2D eigenvalue weighted by molar-refractivity contribution is -0.138. The fourth-order valence-corrected chi connectivity index (χ4v) is 4.89. The molecule has 1 fully saturated rings. The van der Waals surface area contributed by atoms with Gasteiger partial charge in [0.25, 0.3) is 0 Å². The summed E-state index contributed by atoms with van der Waals surface area (Å²) in [6.45, 7) is 2.66. The predicted molar refractivity (Wildman–Crippen MR) is 133 cm³/mol. The molecule has 34 heavy (non-hydrogen) atoms. The number of amides is 2. The summed E-state index contributed by atoms with van der Waals surface area (Å²) < 4.78 is 0. The topological polar surface area (TPSA) is 102 Å². The van der Waals surface area contributed by atoms with Crippen molar-refractivity contribution in [3.8, 4) is 0 Å². The van der Waals surface area contributed by atoms with Crippen molar-refractivity contribution < 1.29 is 19.8 Å². The minimum absolute atomic E-state index is 0.0631. The molecule has 1 aliphatic rings. The lowest BCUT2D eigenvalue weighted by atomic mass is 9.81. The quantitative estimate of drug-likeness (QED) is 0.428. The van der Waals surface area contributed by atoms with Crippen LogP contribution in [0.15, 0.2) is 60.7 Å². The molecule has 184 valence electrons. The van der Waals surface area contributed by atoms with Gasteiger partial charge >= 0.3 is 12.0 Å². The van der Waals surface area contributed by atoms with Gasteiger partial charge < -0.3 is 20.8 Å². The van der Waals surface area contributed by atoms with Crippen LogP contribution in [0.5, 0.6) is 0 Å². The van der Waals surface area contributed by atoms with Gasteiger partial charge in [-0.15, -0.1) is 0 Å². The smallest absolute Gasteiger partial charge is 0.317 e. The number of hydrogen-bond acceptors (Lipinski definition) is 4. The van der Waals surface area contributed by atoms with E-state index in [4.69, 9.17) is 5.11 Å². The van der Waals surface area contributed by atoms with Crippen LogP contribution in [0.3, 0.4) is 0 Å². The van der Waals surface area contributed by atoms with E-state index in [1.54, 1.807) is 0 Å². The lowest BCUT2D eigenvalue weighted by Gasteiger charge is -2.36. The van der Waals surface area contributed by atoms with Gasteiger partial charge in [-0.05, 0) is 69.7 Å². The summed E-state index contributed by atoms with van der Waals surface area (Å²) in [6.07, 6.45) is 4.80. The number of aliphatic hydroxyl groups is 1. The summed E-state index contributed by atoms with van der Waals surface area (Å²) in [6, 6.07) is 18.1. The molecule has 2 amide bonds. The summed E-state index contributed by atoms with van der Waals surface area (Å²) in [4.78, 5) is 25.5. The molecule has 0 unspecified atom stereocenters. The number of urea groups is 1. The molecule has 3 rings (SSSR count). The Hall–Kier alpha value is -2.90. The van der Waals surface area contributed by atoms with Crippen molar-refractivity contribution in [1.82, 2.24) is 15.5 Å². The summed E-state index contributed by atoms with van der Waals surface area (Å²) >= 11 is 0. The molecule has 7 nitrogen and oxygen atoms in total. The summed E-state index contributed by atoms with van der Waals surface area (Å²) in [7, 11) is 1.83. The molecule has 0 bridgehead atoms. The highest BCUT2D eigenvalue weighted by Gasteiger charge is 2.38. The highest BCUT2D eigenvalue weighted by Crippen LogP contribution is 2.33. The van der Waals surface area contributed by atoms with Crippen molar-refractivity contribution in [3.63, 3.8) is 0 Å². The van der Waals surface area contributed by atoms with Crippen molar-refractivity contribution in [2.75, 3.05) is 20.1 Å². The number of benzene rings is 2. The first-order chi connectivity index (χ1) is 16.3. The molecule has 4 N–H and O–H groups in total. The second kappa shape index (κ2) is 12.0. The van der Waals surface area contributed by atoms with E-state index < -0.39 is 17.6 Å². The van der Waals surface area contributed by atoms with Crippen molar-refractivity contribution in [2.45, 2.75) is 56.7 Å². The maximum absolute atomic E-state index is 12.8. The van der Waals surface area contributed by atoms with E-state index in [9.17, 15) is 14.7 Å². The Morgan fingerprint density at radius 2 is 1.53 bits per heavy atom. The van der Waals surface area contributed by atoms with Crippen LogP contribution >= 0.6 is 0 Å². The molecule has 7 heteroatoms. The van der Waals surface area contributed by atoms with E-state index in [0.29, 0.717) is 5.92 Å². The van der Waals surface area contributed by atoms with E-state index in [0.717, 1.165) is 49.8 Å². The van der Waals surface area contributed by atoms with Crippen molar-refractivity contribution in [1.29, 1.82) is 0 Å². The Kier molecular flexibility index (Phi) is 9.07. The van der Waals surface area contributed by atoms with E-state index in [1.165, 1.54) is 0 Å². The number of rotatable bonds is 10. The average Bonchev–Trinajstić information content (AvgIpc) is 2.83. The van der Waals surface area contributed by atoms with Crippen molar-refractivity contribution in [3.05, 3.63) is 71.8 Å².